The fourth-order valence-electron chi connectivity index (χ4n) is 1.73. The molecule has 0 aliphatic heterocycles. The van der Waals surface area contributed by atoms with Gasteiger partial charge >= 0.3 is 0 Å². The second-order valence-corrected chi connectivity index (χ2v) is 4.11. The molecule has 0 unspecified atom stereocenters. The van der Waals surface area contributed by atoms with Gasteiger partial charge in [-0.1, -0.05) is 0 Å². The first-order valence-electron chi connectivity index (χ1n) is 5.24. The first-order valence-corrected chi connectivity index (χ1v) is 5.24. The van der Waals surface area contributed by atoms with Crippen LogP contribution in [-0.2, 0) is 6.54 Å². The number of benzene rings is 1. The van der Waals surface area contributed by atoms with E-state index in [9.17, 15) is 10.2 Å². The summed E-state index contributed by atoms with van der Waals surface area (Å²) in [5.41, 5.74) is 1.22. The fraction of sp³-hybridized carbons (Fsp3) is 0.500. The zero-order chi connectivity index (χ0) is 13.2. The van der Waals surface area contributed by atoms with Gasteiger partial charge in [0.25, 0.3) is 0 Å². The van der Waals surface area contributed by atoms with Crippen LogP contribution in [0.1, 0.15) is 11.1 Å². The van der Waals surface area contributed by atoms with E-state index in [1.165, 1.54) is 14.2 Å². The standard InChI is InChI=1S/C12H19NO4/c1-7-8(6-13(2)3)10(15)12(17-5)11(16-4)9(7)14/h14-15H,6H2,1-5H3. The molecule has 17 heavy (non-hydrogen) atoms. The van der Waals surface area contributed by atoms with E-state index < -0.39 is 0 Å². The van der Waals surface area contributed by atoms with Crippen molar-refractivity contribution in [1.82, 2.24) is 4.90 Å². The van der Waals surface area contributed by atoms with E-state index >= 15 is 0 Å². The highest BCUT2D eigenvalue weighted by molar-refractivity contribution is 5.65. The number of hydrogen-bond donors (Lipinski definition) is 2. The first-order chi connectivity index (χ1) is 7.93. The molecule has 0 spiro atoms. The summed E-state index contributed by atoms with van der Waals surface area (Å²) in [6, 6.07) is 0. The number of nitrogens with zero attached hydrogens (tertiary/aromatic N) is 1. The Morgan fingerprint density at radius 1 is 1.00 bits per heavy atom. The van der Waals surface area contributed by atoms with Gasteiger partial charge in [0.15, 0.2) is 11.5 Å². The maximum Gasteiger partial charge on any atom is 0.207 e. The van der Waals surface area contributed by atoms with Crippen molar-refractivity contribution >= 4 is 0 Å². The summed E-state index contributed by atoms with van der Waals surface area (Å²) in [6.45, 7) is 2.24. The third kappa shape index (κ3) is 2.39. The van der Waals surface area contributed by atoms with E-state index in [0.717, 1.165) is 0 Å². The maximum absolute atomic E-state index is 10.1. The molecule has 0 heterocycles. The van der Waals surface area contributed by atoms with Gasteiger partial charge in [0.05, 0.1) is 14.2 Å². The molecule has 2 N–H and O–H groups in total. The van der Waals surface area contributed by atoms with Gasteiger partial charge in [0.1, 0.15) is 0 Å². The summed E-state index contributed by atoms with van der Waals surface area (Å²) < 4.78 is 10.1. The molecular weight excluding hydrogens is 222 g/mol. The average Bonchev–Trinajstić information content (AvgIpc) is 2.28. The fourth-order valence-corrected chi connectivity index (χ4v) is 1.73. The number of rotatable bonds is 4. The predicted molar refractivity (Wildman–Crippen MR) is 65.0 cm³/mol. The summed E-state index contributed by atoms with van der Waals surface area (Å²) in [5.74, 6) is 0.324. The van der Waals surface area contributed by atoms with E-state index in [1.54, 1.807) is 6.92 Å². The van der Waals surface area contributed by atoms with Crippen LogP contribution in [0.25, 0.3) is 0 Å². The van der Waals surface area contributed by atoms with E-state index in [0.29, 0.717) is 17.7 Å². The molecule has 5 heteroatoms. The number of methoxy groups -OCH3 is 2. The van der Waals surface area contributed by atoms with Crippen molar-refractivity contribution in [3.8, 4) is 23.0 Å². The van der Waals surface area contributed by atoms with E-state index in [4.69, 9.17) is 9.47 Å². The van der Waals surface area contributed by atoms with E-state index in [-0.39, 0.29) is 23.0 Å². The van der Waals surface area contributed by atoms with Crippen molar-refractivity contribution in [3.63, 3.8) is 0 Å². The molecular formula is C12H19NO4. The molecule has 5 nitrogen and oxygen atoms in total. The molecule has 0 saturated carbocycles. The lowest BCUT2D eigenvalue weighted by molar-refractivity contribution is 0.308. The molecule has 96 valence electrons. The van der Waals surface area contributed by atoms with Crippen LogP contribution in [0, 0.1) is 6.92 Å². The van der Waals surface area contributed by atoms with Crippen LogP contribution < -0.4 is 9.47 Å². The molecule has 0 radical (unpaired) electrons. The highest BCUT2D eigenvalue weighted by atomic mass is 16.5. The van der Waals surface area contributed by atoms with Gasteiger partial charge in [-0.2, -0.15) is 0 Å². The van der Waals surface area contributed by atoms with Gasteiger partial charge in [-0.25, -0.2) is 0 Å². The molecule has 0 amide bonds. The number of phenolic OH excluding ortho intramolecular Hbond substituents is 2. The molecule has 1 aromatic carbocycles. The summed E-state index contributed by atoms with van der Waals surface area (Å²) in [6.07, 6.45) is 0. The number of ether oxygens (including phenoxy) is 2. The second kappa shape index (κ2) is 5.14. The van der Waals surface area contributed by atoms with Crippen LogP contribution in [0.5, 0.6) is 23.0 Å². The minimum Gasteiger partial charge on any atom is -0.504 e. The number of aromatic hydroxyl groups is 2. The second-order valence-electron chi connectivity index (χ2n) is 4.11. The average molecular weight is 241 g/mol. The van der Waals surface area contributed by atoms with Crippen LogP contribution in [0.4, 0.5) is 0 Å². The molecule has 0 bridgehead atoms. The predicted octanol–water partition coefficient (Wildman–Crippen LogP) is 1.49. The Labute approximate surface area is 101 Å². The number of hydrogen-bond acceptors (Lipinski definition) is 5. The zero-order valence-electron chi connectivity index (χ0n) is 10.9. The maximum atomic E-state index is 10.1. The van der Waals surface area contributed by atoms with Gasteiger partial charge in [-0.15, -0.1) is 0 Å². The Morgan fingerprint density at radius 2 is 1.47 bits per heavy atom. The molecule has 1 aromatic rings. The Bertz CT molecular complexity index is 416. The number of phenols is 2. The molecule has 0 aromatic heterocycles. The van der Waals surface area contributed by atoms with Crippen molar-refractivity contribution in [2.24, 2.45) is 0 Å². The van der Waals surface area contributed by atoms with Gasteiger partial charge < -0.3 is 24.6 Å². The van der Waals surface area contributed by atoms with E-state index in [1.807, 2.05) is 19.0 Å². The van der Waals surface area contributed by atoms with Crippen LogP contribution in [0.15, 0.2) is 0 Å². The minimum atomic E-state index is -0.000926. The third-order valence-electron chi connectivity index (χ3n) is 2.61. The topological polar surface area (TPSA) is 62.2 Å². The Morgan fingerprint density at radius 3 is 1.88 bits per heavy atom. The Kier molecular flexibility index (Phi) is 4.07. The lowest BCUT2D eigenvalue weighted by Gasteiger charge is -2.19. The molecule has 1 rings (SSSR count). The van der Waals surface area contributed by atoms with Gasteiger partial charge in [-0.05, 0) is 21.0 Å². The van der Waals surface area contributed by atoms with Crippen molar-refractivity contribution in [3.05, 3.63) is 11.1 Å². The molecule has 0 aliphatic carbocycles. The van der Waals surface area contributed by atoms with Crippen molar-refractivity contribution in [2.45, 2.75) is 13.5 Å². The van der Waals surface area contributed by atoms with Crippen LogP contribution in [0.2, 0.25) is 0 Å². The summed E-state index contributed by atoms with van der Waals surface area (Å²) in [4.78, 5) is 1.90. The highest BCUT2D eigenvalue weighted by Gasteiger charge is 2.23. The normalized spacial score (nSPS) is 10.7. The molecule has 0 fully saturated rings. The smallest absolute Gasteiger partial charge is 0.207 e. The van der Waals surface area contributed by atoms with Gasteiger partial charge in [-0.3, -0.25) is 0 Å². The monoisotopic (exact) mass is 241 g/mol. The van der Waals surface area contributed by atoms with Crippen LogP contribution in [-0.4, -0.2) is 43.4 Å². The van der Waals surface area contributed by atoms with Crippen LogP contribution in [0.3, 0.4) is 0 Å². The molecule has 0 saturated heterocycles. The Hall–Kier alpha value is -1.62. The summed E-state index contributed by atoms with van der Waals surface area (Å²) in [5, 5.41) is 20.1. The third-order valence-corrected chi connectivity index (χ3v) is 2.61. The van der Waals surface area contributed by atoms with Crippen molar-refractivity contribution in [2.75, 3.05) is 28.3 Å². The quantitative estimate of drug-likeness (QED) is 0.782. The van der Waals surface area contributed by atoms with Gasteiger partial charge in [0.2, 0.25) is 11.5 Å². The minimum absolute atomic E-state index is 0.000926. The van der Waals surface area contributed by atoms with E-state index in [2.05, 4.69) is 0 Å². The lowest BCUT2D eigenvalue weighted by Crippen LogP contribution is -2.12. The van der Waals surface area contributed by atoms with Crippen molar-refractivity contribution < 1.29 is 19.7 Å². The molecule has 0 aliphatic rings. The summed E-state index contributed by atoms with van der Waals surface area (Å²) in [7, 11) is 6.60. The largest absolute Gasteiger partial charge is 0.504 e. The highest BCUT2D eigenvalue weighted by Crippen LogP contribution is 2.48. The van der Waals surface area contributed by atoms with Crippen LogP contribution >= 0.6 is 0 Å². The van der Waals surface area contributed by atoms with Crippen molar-refractivity contribution in [1.29, 1.82) is 0 Å². The first kappa shape index (κ1) is 13.4. The molecule has 0 atom stereocenters. The van der Waals surface area contributed by atoms with Gasteiger partial charge in [0, 0.05) is 17.7 Å². The SMILES string of the molecule is COc1c(O)c(C)c(CN(C)C)c(O)c1OC. The summed E-state index contributed by atoms with van der Waals surface area (Å²) >= 11 is 0. The lowest BCUT2D eigenvalue weighted by atomic mass is 10.0. The Balaban J connectivity index is 3.47. The zero-order valence-corrected chi connectivity index (χ0v) is 10.9.